The smallest absolute Gasteiger partial charge is 0.238 e. The number of aryl methyl sites for hydroxylation is 2. The number of aromatic nitrogens is 2. The van der Waals surface area contributed by atoms with Gasteiger partial charge in [-0.05, 0) is 38.0 Å². The van der Waals surface area contributed by atoms with Crippen molar-refractivity contribution in [2.45, 2.75) is 33.2 Å². The van der Waals surface area contributed by atoms with Gasteiger partial charge in [0.05, 0.1) is 23.6 Å². The van der Waals surface area contributed by atoms with E-state index in [9.17, 15) is 4.79 Å². The lowest BCUT2D eigenvalue weighted by Gasteiger charge is -2.17. The molecule has 1 heterocycles. The lowest BCUT2D eigenvalue weighted by molar-refractivity contribution is -0.115. The summed E-state index contributed by atoms with van der Waals surface area (Å²) in [5, 5.41) is 10.6. The number of hydrogen-bond acceptors (Lipinski definition) is 3. The molecule has 0 aliphatic heterocycles. The molecule has 1 aromatic heterocycles. The van der Waals surface area contributed by atoms with Crippen molar-refractivity contribution >= 4 is 27.5 Å². The molecule has 2 aromatic rings. The first-order valence-corrected chi connectivity index (χ1v) is 8.50. The van der Waals surface area contributed by atoms with Gasteiger partial charge in [0.2, 0.25) is 5.91 Å². The van der Waals surface area contributed by atoms with Crippen molar-refractivity contribution in [1.29, 1.82) is 0 Å². The summed E-state index contributed by atoms with van der Waals surface area (Å²) in [4.78, 5) is 12.2. The first-order chi connectivity index (χ1) is 10.9. The lowest BCUT2D eigenvalue weighted by Crippen LogP contribution is -2.31. The molecule has 0 saturated heterocycles. The van der Waals surface area contributed by atoms with Crippen LogP contribution >= 0.6 is 15.9 Å². The third-order valence-electron chi connectivity index (χ3n) is 3.96. The summed E-state index contributed by atoms with van der Waals surface area (Å²) in [7, 11) is 1.87. The van der Waals surface area contributed by atoms with Crippen LogP contribution in [-0.4, -0.2) is 22.2 Å². The molecule has 0 spiro atoms. The number of amides is 1. The zero-order chi connectivity index (χ0) is 17.0. The van der Waals surface area contributed by atoms with Crippen molar-refractivity contribution < 1.29 is 4.79 Å². The SMILES string of the molecule is CC[C@@H](NCC(=O)Nc1c(C)nn(C)c1C)c1ccc(Br)cc1. The van der Waals surface area contributed by atoms with Crippen LogP contribution < -0.4 is 10.6 Å². The van der Waals surface area contributed by atoms with Crippen LogP contribution in [0.5, 0.6) is 0 Å². The predicted molar refractivity (Wildman–Crippen MR) is 96.5 cm³/mol. The van der Waals surface area contributed by atoms with Gasteiger partial charge in [-0.15, -0.1) is 0 Å². The van der Waals surface area contributed by atoms with Crippen LogP contribution in [0.4, 0.5) is 5.69 Å². The molecular formula is C17H23BrN4O. The van der Waals surface area contributed by atoms with Gasteiger partial charge in [-0.1, -0.05) is 35.0 Å². The molecule has 1 aromatic carbocycles. The van der Waals surface area contributed by atoms with Gasteiger partial charge in [0.15, 0.2) is 0 Å². The molecule has 2 N–H and O–H groups in total. The Morgan fingerprint density at radius 2 is 1.96 bits per heavy atom. The monoisotopic (exact) mass is 378 g/mol. The van der Waals surface area contributed by atoms with E-state index in [1.165, 1.54) is 5.56 Å². The van der Waals surface area contributed by atoms with E-state index in [2.05, 4.69) is 50.7 Å². The van der Waals surface area contributed by atoms with Gasteiger partial charge >= 0.3 is 0 Å². The van der Waals surface area contributed by atoms with E-state index in [0.717, 1.165) is 28.0 Å². The number of carbonyl (C=O) groups is 1. The van der Waals surface area contributed by atoms with Crippen molar-refractivity contribution in [2.75, 3.05) is 11.9 Å². The number of benzene rings is 1. The molecule has 6 heteroatoms. The average Bonchev–Trinajstić information content (AvgIpc) is 2.76. The largest absolute Gasteiger partial charge is 0.322 e. The Bertz CT molecular complexity index is 679. The van der Waals surface area contributed by atoms with Gasteiger partial charge in [0.1, 0.15) is 0 Å². The molecular weight excluding hydrogens is 356 g/mol. The summed E-state index contributed by atoms with van der Waals surface area (Å²) >= 11 is 3.44. The normalized spacial score (nSPS) is 12.2. The molecule has 0 fully saturated rings. The van der Waals surface area contributed by atoms with Crippen LogP contribution in [-0.2, 0) is 11.8 Å². The van der Waals surface area contributed by atoms with Crippen LogP contribution in [0, 0.1) is 13.8 Å². The van der Waals surface area contributed by atoms with E-state index >= 15 is 0 Å². The second kappa shape index (κ2) is 7.75. The highest BCUT2D eigenvalue weighted by Crippen LogP contribution is 2.20. The summed E-state index contributed by atoms with van der Waals surface area (Å²) in [5.41, 5.74) is 3.77. The van der Waals surface area contributed by atoms with E-state index in [0.29, 0.717) is 0 Å². The number of nitrogens with one attached hydrogen (secondary N) is 2. The Balaban J connectivity index is 1.96. The fraction of sp³-hybridized carbons (Fsp3) is 0.412. The fourth-order valence-electron chi connectivity index (χ4n) is 2.55. The highest BCUT2D eigenvalue weighted by atomic mass is 79.9. The Labute approximate surface area is 145 Å². The molecule has 0 radical (unpaired) electrons. The third kappa shape index (κ3) is 4.42. The number of hydrogen-bond donors (Lipinski definition) is 2. The maximum atomic E-state index is 12.2. The molecule has 5 nitrogen and oxygen atoms in total. The molecule has 1 amide bonds. The first-order valence-electron chi connectivity index (χ1n) is 7.71. The zero-order valence-electron chi connectivity index (χ0n) is 14.0. The standard InChI is InChI=1S/C17H23BrN4O/c1-5-15(13-6-8-14(18)9-7-13)19-10-16(23)20-17-11(2)21-22(4)12(17)3/h6-9,15,19H,5,10H2,1-4H3,(H,20,23)/t15-/m1/s1. The maximum Gasteiger partial charge on any atom is 0.238 e. The highest BCUT2D eigenvalue weighted by molar-refractivity contribution is 9.10. The molecule has 0 aliphatic carbocycles. The number of carbonyl (C=O) groups excluding carboxylic acids is 1. The van der Waals surface area contributed by atoms with Crippen molar-refractivity contribution in [3.8, 4) is 0 Å². The topological polar surface area (TPSA) is 59.0 Å². The number of halogens is 1. The lowest BCUT2D eigenvalue weighted by atomic mass is 10.0. The quantitative estimate of drug-likeness (QED) is 0.808. The fourth-order valence-corrected chi connectivity index (χ4v) is 2.81. The number of nitrogens with zero attached hydrogens (tertiary/aromatic N) is 2. The molecule has 0 saturated carbocycles. The van der Waals surface area contributed by atoms with Gasteiger partial charge in [0.25, 0.3) is 0 Å². The van der Waals surface area contributed by atoms with Crippen molar-refractivity contribution in [3.05, 3.63) is 45.7 Å². The molecule has 1 atom stereocenters. The van der Waals surface area contributed by atoms with E-state index < -0.39 is 0 Å². The van der Waals surface area contributed by atoms with Crippen molar-refractivity contribution in [1.82, 2.24) is 15.1 Å². The summed E-state index contributed by atoms with van der Waals surface area (Å²) in [6.45, 7) is 6.21. The molecule has 23 heavy (non-hydrogen) atoms. The average molecular weight is 379 g/mol. The van der Waals surface area contributed by atoms with E-state index in [1.807, 2.05) is 33.0 Å². The van der Waals surface area contributed by atoms with Gasteiger partial charge in [-0.2, -0.15) is 5.10 Å². The van der Waals surface area contributed by atoms with E-state index in [1.54, 1.807) is 4.68 Å². The van der Waals surface area contributed by atoms with Crippen molar-refractivity contribution in [2.24, 2.45) is 7.05 Å². The van der Waals surface area contributed by atoms with Crippen LogP contribution in [0.2, 0.25) is 0 Å². The summed E-state index contributed by atoms with van der Waals surface area (Å²) in [6.07, 6.45) is 0.917. The molecule has 2 rings (SSSR count). The van der Waals surface area contributed by atoms with Crippen LogP contribution in [0.25, 0.3) is 0 Å². The molecule has 0 unspecified atom stereocenters. The summed E-state index contributed by atoms with van der Waals surface area (Å²) in [6, 6.07) is 8.33. The van der Waals surface area contributed by atoms with Gasteiger partial charge < -0.3 is 10.6 Å². The summed E-state index contributed by atoms with van der Waals surface area (Å²) in [5.74, 6) is -0.0558. The Morgan fingerprint density at radius 3 is 2.48 bits per heavy atom. The second-order valence-electron chi connectivity index (χ2n) is 5.61. The predicted octanol–water partition coefficient (Wildman–Crippen LogP) is 3.48. The van der Waals surface area contributed by atoms with Gasteiger partial charge in [-0.25, -0.2) is 0 Å². The Kier molecular flexibility index (Phi) is 5.96. The molecule has 0 aliphatic rings. The van der Waals surface area contributed by atoms with E-state index in [4.69, 9.17) is 0 Å². The first kappa shape index (κ1) is 17.7. The van der Waals surface area contributed by atoms with Crippen LogP contribution in [0.15, 0.2) is 28.7 Å². The number of anilines is 1. The molecule has 0 bridgehead atoms. The Hall–Kier alpha value is -1.66. The van der Waals surface area contributed by atoms with Gasteiger partial charge in [0, 0.05) is 17.6 Å². The minimum Gasteiger partial charge on any atom is -0.322 e. The minimum atomic E-state index is -0.0558. The summed E-state index contributed by atoms with van der Waals surface area (Å²) < 4.78 is 2.83. The maximum absolute atomic E-state index is 12.2. The third-order valence-corrected chi connectivity index (χ3v) is 4.49. The Morgan fingerprint density at radius 1 is 1.30 bits per heavy atom. The van der Waals surface area contributed by atoms with Gasteiger partial charge in [-0.3, -0.25) is 9.48 Å². The van der Waals surface area contributed by atoms with Crippen LogP contribution in [0.3, 0.4) is 0 Å². The zero-order valence-corrected chi connectivity index (χ0v) is 15.6. The number of rotatable bonds is 6. The minimum absolute atomic E-state index is 0.0558. The van der Waals surface area contributed by atoms with Crippen LogP contribution in [0.1, 0.15) is 36.3 Å². The second-order valence-corrected chi connectivity index (χ2v) is 6.53. The molecule has 124 valence electrons. The van der Waals surface area contributed by atoms with Crippen molar-refractivity contribution in [3.63, 3.8) is 0 Å². The highest BCUT2D eigenvalue weighted by Gasteiger charge is 2.14. The van der Waals surface area contributed by atoms with E-state index in [-0.39, 0.29) is 18.5 Å².